The molecule has 2 amide bonds. The molecule has 0 aliphatic carbocycles. The van der Waals surface area contributed by atoms with E-state index in [2.05, 4.69) is 5.32 Å². The molecule has 6 heteroatoms. The topological polar surface area (TPSA) is 67.9 Å². The van der Waals surface area contributed by atoms with Gasteiger partial charge in [-0.05, 0) is 19.8 Å². The summed E-state index contributed by atoms with van der Waals surface area (Å²) < 4.78 is 10.3. The second kappa shape index (κ2) is 8.92. The summed E-state index contributed by atoms with van der Waals surface area (Å²) in [4.78, 5) is 25.8. The lowest BCUT2D eigenvalue weighted by Gasteiger charge is -2.38. The fraction of sp³-hybridized carbons (Fsp3) is 0.857. The molecular formula is C14H26N2O4. The summed E-state index contributed by atoms with van der Waals surface area (Å²) in [5.74, 6) is -0.0424. The minimum Gasteiger partial charge on any atom is -0.382 e. The monoisotopic (exact) mass is 286 g/mol. The molecular weight excluding hydrogens is 260 g/mol. The third-order valence-corrected chi connectivity index (χ3v) is 3.37. The lowest BCUT2D eigenvalue weighted by atomic mass is 10.0. The van der Waals surface area contributed by atoms with Gasteiger partial charge in [-0.1, -0.05) is 13.3 Å². The van der Waals surface area contributed by atoms with Crippen LogP contribution in [0.25, 0.3) is 0 Å². The fourth-order valence-electron chi connectivity index (χ4n) is 2.32. The van der Waals surface area contributed by atoms with E-state index in [0.717, 1.165) is 12.8 Å². The molecule has 116 valence electrons. The number of amides is 2. The lowest BCUT2D eigenvalue weighted by molar-refractivity contribution is -0.149. The van der Waals surface area contributed by atoms with E-state index in [4.69, 9.17) is 9.47 Å². The number of methoxy groups -OCH3 is 1. The largest absolute Gasteiger partial charge is 0.382 e. The van der Waals surface area contributed by atoms with Crippen LogP contribution in [0, 0.1) is 0 Å². The molecule has 1 saturated heterocycles. The molecule has 0 bridgehead atoms. The maximum atomic E-state index is 12.2. The van der Waals surface area contributed by atoms with Gasteiger partial charge in [0.25, 0.3) is 0 Å². The average Bonchev–Trinajstić information content (AvgIpc) is 2.42. The van der Waals surface area contributed by atoms with Crippen LogP contribution < -0.4 is 5.32 Å². The molecule has 1 N–H and O–H groups in total. The molecule has 20 heavy (non-hydrogen) atoms. The van der Waals surface area contributed by atoms with Gasteiger partial charge in [-0.2, -0.15) is 0 Å². The van der Waals surface area contributed by atoms with Crippen LogP contribution in [0.5, 0.6) is 0 Å². The van der Waals surface area contributed by atoms with Crippen LogP contribution in [-0.4, -0.2) is 62.3 Å². The Bertz CT molecular complexity index is 322. The Kier molecular flexibility index (Phi) is 7.54. The number of hydrogen-bond donors (Lipinski definition) is 1. The van der Waals surface area contributed by atoms with E-state index < -0.39 is 6.04 Å². The van der Waals surface area contributed by atoms with Gasteiger partial charge in [-0.3, -0.25) is 9.59 Å². The Balaban J connectivity index is 2.44. The van der Waals surface area contributed by atoms with Crippen molar-refractivity contribution in [3.63, 3.8) is 0 Å². The van der Waals surface area contributed by atoms with Crippen LogP contribution in [0.15, 0.2) is 0 Å². The maximum Gasteiger partial charge on any atom is 0.245 e. The second-order valence-electron chi connectivity index (χ2n) is 5.03. The third-order valence-electron chi connectivity index (χ3n) is 3.37. The van der Waals surface area contributed by atoms with Gasteiger partial charge in [0.15, 0.2) is 0 Å². The summed E-state index contributed by atoms with van der Waals surface area (Å²) in [5, 5.41) is 2.73. The minimum atomic E-state index is -0.426. The highest BCUT2D eigenvalue weighted by Crippen LogP contribution is 2.15. The van der Waals surface area contributed by atoms with E-state index in [0.29, 0.717) is 32.8 Å². The molecule has 6 nitrogen and oxygen atoms in total. The number of nitrogens with one attached hydrogen (secondary N) is 1. The molecule has 1 aliphatic heterocycles. The van der Waals surface area contributed by atoms with Crippen molar-refractivity contribution in [2.24, 2.45) is 0 Å². The Morgan fingerprint density at radius 1 is 1.25 bits per heavy atom. The molecule has 0 aromatic rings. The molecule has 0 aromatic heterocycles. The molecule has 1 rings (SSSR count). The quantitative estimate of drug-likeness (QED) is 0.629. The first-order chi connectivity index (χ1) is 9.61. The van der Waals surface area contributed by atoms with Crippen LogP contribution in [0.1, 0.15) is 33.1 Å². The zero-order chi connectivity index (χ0) is 15.0. The number of nitrogens with zero attached hydrogens (tertiary/aromatic N) is 1. The summed E-state index contributed by atoms with van der Waals surface area (Å²) in [6, 6.07) is -0.757. The zero-order valence-electron chi connectivity index (χ0n) is 12.7. The first-order valence-electron chi connectivity index (χ1n) is 7.29. The van der Waals surface area contributed by atoms with Crippen LogP contribution in [-0.2, 0) is 19.1 Å². The molecule has 0 saturated carbocycles. The second-order valence-corrected chi connectivity index (χ2v) is 5.03. The highest BCUT2D eigenvalue weighted by Gasteiger charge is 2.37. The van der Waals surface area contributed by atoms with E-state index in [1.807, 2.05) is 6.92 Å². The Morgan fingerprint density at radius 2 is 2.00 bits per heavy atom. The van der Waals surface area contributed by atoms with Gasteiger partial charge in [-0.15, -0.1) is 0 Å². The van der Waals surface area contributed by atoms with Crippen LogP contribution in [0.2, 0.25) is 0 Å². The first kappa shape index (κ1) is 16.9. The number of hydrogen-bond acceptors (Lipinski definition) is 4. The van der Waals surface area contributed by atoms with Crippen molar-refractivity contribution in [3.05, 3.63) is 0 Å². The van der Waals surface area contributed by atoms with E-state index in [1.165, 1.54) is 0 Å². The van der Waals surface area contributed by atoms with E-state index >= 15 is 0 Å². The standard InChI is InChI=1S/C14H26N2O4/c1-4-6-12-13(17)15-11(2)14(18)16(12)7-5-8-20-10-9-19-3/h11-12H,4-10H2,1-3H3,(H,15,17). The predicted molar refractivity (Wildman–Crippen MR) is 75.3 cm³/mol. The van der Waals surface area contributed by atoms with Crippen molar-refractivity contribution < 1.29 is 19.1 Å². The SMILES string of the molecule is CCCC1C(=O)NC(C)C(=O)N1CCCOCCOC. The summed E-state index contributed by atoms with van der Waals surface area (Å²) >= 11 is 0. The Hall–Kier alpha value is -1.14. The van der Waals surface area contributed by atoms with Crippen molar-refractivity contribution in [3.8, 4) is 0 Å². The van der Waals surface area contributed by atoms with Crippen molar-refractivity contribution in [2.45, 2.75) is 45.2 Å². The number of rotatable bonds is 9. The normalized spacial score (nSPS) is 23.1. The zero-order valence-corrected chi connectivity index (χ0v) is 12.7. The van der Waals surface area contributed by atoms with Crippen LogP contribution in [0.3, 0.4) is 0 Å². The smallest absolute Gasteiger partial charge is 0.245 e. The van der Waals surface area contributed by atoms with Gasteiger partial charge < -0.3 is 19.7 Å². The minimum absolute atomic E-state index is 0.0000541. The van der Waals surface area contributed by atoms with Gasteiger partial charge in [-0.25, -0.2) is 0 Å². The predicted octanol–water partition coefficient (Wildman–Crippen LogP) is 0.555. The van der Waals surface area contributed by atoms with Gasteiger partial charge in [0, 0.05) is 20.3 Å². The number of carbonyl (C=O) groups is 2. The molecule has 0 radical (unpaired) electrons. The van der Waals surface area contributed by atoms with Gasteiger partial charge in [0.1, 0.15) is 12.1 Å². The molecule has 2 unspecified atom stereocenters. The summed E-state index contributed by atoms with van der Waals surface area (Å²) in [6.45, 7) is 6.00. The summed E-state index contributed by atoms with van der Waals surface area (Å²) in [7, 11) is 1.63. The van der Waals surface area contributed by atoms with Crippen LogP contribution in [0.4, 0.5) is 0 Å². The fourth-order valence-corrected chi connectivity index (χ4v) is 2.32. The Labute approximate surface area is 120 Å². The van der Waals surface area contributed by atoms with Gasteiger partial charge >= 0.3 is 0 Å². The van der Waals surface area contributed by atoms with Crippen molar-refractivity contribution in [1.29, 1.82) is 0 Å². The third kappa shape index (κ3) is 4.76. The molecule has 2 atom stereocenters. The van der Waals surface area contributed by atoms with E-state index in [9.17, 15) is 9.59 Å². The number of ether oxygens (including phenoxy) is 2. The average molecular weight is 286 g/mol. The highest BCUT2D eigenvalue weighted by molar-refractivity contribution is 5.96. The van der Waals surface area contributed by atoms with Gasteiger partial charge in [0.05, 0.1) is 13.2 Å². The van der Waals surface area contributed by atoms with Crippen LogP contribution >= 0.6 is 0 Å². The maximum absolute atomic E-state index is 12.2. The molecule has 0 spiro atoms. The lowest BCUT2D eigenvalue weighted by Crippen LogP contribution is -2.62. The molecule has 0 aromatic carbocycles. The van der Waals surface area contributed by atoms with Crippen molar-refractivity contribution >= 4 is 11.8 Å². The number of carbonyl (C=O) groups excluding carboxylic acids is 2. The molecule has 1 fully saturated rings. The number of piperazine rings is 1. The van der Waals surface area contributed by atoms with Gasteiger partial charge in [0.2, 0.25) is 11.8 Å². The van der Waals surface area contributed by atoms with E-state index in [-0.39, 0.29) is 17.9 Å². The highest BCUT2D eigenvalue weighted by atomic mass is 16.5. The first-order valence-corrected chi connectivity index (χ1v) is 7.29. The van der Waals surface area contributed by atoms with Crippen molar-refractivity contribution in [2.75, 3.05) is 33.5 Å². The Morgan fingerprint density at radius 3 is 2.65 bits per heavy atom. The van der Waals surface area contributed by atoms with E-state index in [1.54, 1.807) is 18.9 Å². The molecule has 1 heterocycles. The summed E-state index contributed by atoms with van der Waals surface area (Å²) in [5.41, 5.74) is 0. The molecule has 1 aliphatic rings. The van der Waals surface area contributed by atoms with Crippen molar-refractivity contribution in [1.82, 2.24) is 10.2 Å². The summed E-state index contributed by atoms with van der Waals surface area (Å²) in [6.07, 6.45) is 2.31.